The molecule has 1 radical (unpaired) electrons. The van der Waals surface area contributed by atoms with Crippen molar-refractivity contribution in [3.8, 4) is 0 Å². The van der Waals surface area contributed by atoms with E-state index in [1.807, 2.05) is 0 Å². The van der Waals surface area contributed by atoms with Gasteiger partial charge in [-0.25, -0.2) is 9.18 Å². The second-order valence-corrected chi connectivity index (χ2v) is 9.82. The SMILES string of the molecule is CCCCCC[C@H](F)C(=O)OC1CCC(c2ccc(CCC3CC[CH]CC3)cc2)CC1. The predicted molar refractivity (Wildman–Crippen MR) is 126 cm³/mol. The van der Waals surface area contributed by atoms with Crippen molar-refractivity contribution in [1.29, 1.82) is 0 Å². The molecule has 0 amide bonds. The molecule has 0 aromatic heterocycles. The zero-order chi connectivity index (χ0) is 21.9. The number of carbonyl (C=O) groups is 1. The third-order valence-corrected chi connectivity index (χ3v) is 7.37. The highest BCUT2D eigenvalue weighted by Gasteiger charge is 2.27. The summed E-state index contributed by atoms with van der Waals surface area (Å²) in [5, 5.41) is 0. The van der Waals surface area contributed by atoms with E-state index in [0.29, 0.717) is 12.3 Å². The van der Waals surface area contributed by atoms with Gasteiger partial charge in [0.2, 0.25) is 0 Å². The fraction of sp³-hybridized carbons (Fsp3) is 0.714. The number of halogens is 1. The van der Waals surface area contributed by atoms with E-state index in [2.05, 4.69) is 37.6 Å². The number of hydrogen-bond acceptors (Lipinski definition) is 2. The minimum Gasteiger partial charge on any atom is -0.460 e. The number of aryl methyl sites for hydroxylation is 1. The van der Waals surface area contributed by atoms with Gasteiger partial charge >= 0.3 is 5.97 Å². The third-order valence-electron chi connectivity index (χ3n) is 7.37. The lowest BCUT2D eigenvalue weighted by Crippen LogP contribution is -2.28. The molecule has 1 aromatic rings. The molecule has 0 aliphatic heterocycles. The number of alkyl halides is 1. The van der Waals surface area contributed by atoms with Crippen molar-refractivity contribution in [1.82, 2.24) is 0 Å². The van der Waals surface area contributed by atoms with Crippen molar-refractivity contribution in [2.75, 3.05) is 0 Å². The molecule has 2 fully saturated rings. The Morgan fingerprint density at radius 2 is 1.71 bits per heavy atom. The van der Waals surface area contributed by atoms with Gasteiger partial charge in [0, 0.05) is 0 Å². The minimum absolute atomic E-state index is 0.107. The van der Waals surface area contributed by atoms with E-state index in [0.717, 1.165) is 57.3 Å². The highest BCUT2D eigenvalue weighted by atomic mass is 19.1. The molecule has 0 spiro atoms. The van der Waals surface area contributed by atoms with Gasteiger partial charge in [-0.1, -0.05) is 63.3 Å². The van der Waals surface area contributed by atoms with Gasteiger partial charge in [0.15, 0.2) is 6.17 Å². The molecule has 0 N–H and O–H groups in total. The third kappa shape index (κ3) is 8.24. The van der Waals surface area contributed by atoms with Crippen molar-refractivity contribution >= 4 is 5.97 Å². The van der Waals surface area contributed by atoms with Gasteiger partial charge in [0.25, 0.3) is 0 Å². The topological polar surface area (TPSA) is 26.3 Å². The number of benzene rings is 1. The number of esters is 1. The Bertz CT molecular complexity index is 627. The molecule has 0 heterocycles. The second-order valence-electron chi connectivity index (χ2n) is 9.82. The molecule has 2 aliphatic carbocycles. The number of ether oxygens (including phenoxy) is 1. The number of carbonyl (C=O) groups excluding carboxylic acids is 1. The maximum absolute atomic E-state index is 14.1. The van der Waals surface area contributed by atoms with Crippen molar-refractivity contribution in [2.24, 2.45) is 5.92 Å². The smallest absolute Gasteiger partial charge is 0.340 e. The van der Waals surface area contributed by atoms with Gasteiger partial charge in [-0.3, -0.25) is 0 Å². The predicted octanol–water partition coefficient (Wildman–Crippen LogP) is 7.89. The molecule has 3 rings (SSSR count). The Balaban J connectivity index is 1.35. The maximum Gasteiger partial charge on any atom is 0.340 e. The summed E-state index contributed by atoms with van der Waals surface area (Å²) in [4.78, 5) is 12.0. The molecule has 2 saturated carbocycles. The molecule has 1 atom stereocenters. The van der Waals surface area contributed by atoms with Crippen molar-refractivity contribution in [3.63, 3.8) is 0 Å². The molecule has 0 saturated heterocycles. The first kappa shape index (κ1) is 24.3. The first-order chi connectivity index (χ1) is 15.2. The fourth-order valence-electron chi connectivity index (χ4n) is 5.23. The van der Waals surface area contributed by atoms with E-state index < -0.39 is 12.1 Å². The van der Waals surface area contributed by atoms with E-state index >= 15 is 0 Å². The summed E-state index contributed by atoms with van der Waals surface area (Å²) >= 11 is 0. The Kier molecular flexibility index (Phi) is 10.4. The molecular weight excluding hydrogens is 387 g/mol. The largest absolute Gasteiger partial charge is 0.460 e. The number of unbranched alkanes of at least 4 members (excludes halogenated alkanes) is 3. The van der Waals surface area contributed by atoms with E-state index in [9.17, 15) is 9.18 Å². The average molecular weight is 430 g/mol. The summed E-state index contributed by atoms with van der Waals surface area (Å²) in [6.45, 7) is 2.13. The van der Waals surface area contributed by atoms with Crippen molar-refractivity contribution in [3.05, 3.63) is 41.8 Å². The van der Waals surface area contributed by atoms with Crippen LogP contribution >= 0.6 is 0 Å². The Morgan fingerprint density at radius 1 is 1.00 bits per heavy atom. The molecular formula is C28H42FO2. The number of rotatable bonds is 11. The van der Waals surface area contributed by atoms with Gasteiger partial charge in [0.1, 0.15) is 6.10 Å². The molecule has 31 heavy (non-hydrogen) atoms. The second kappa shape index (κ2) is 13.2. The monoisotopic (exact) mass is 429 g/mol. The average Bonchev–Trinajstić information content (AvgIpc) is 2.82. The van der Waals surface area contributed by atoms with E-state index in [-0.39, 0.29) is 6.10 Å². The highest BCUT2D eigenvalue weighted by Crippen LogP contribution is 2.35. The van der Waals surface area contributed by atoms with Gasteiger partial charge < -0.3 is 4.74 Å². The van der Waals surface area contributed by atoms with E-state index in [4.69, 9.17) is 4.74 Å². The van der Waals surface area contributed by atoms with Crippen LogP contribution in [-0.2, 0) is 16.0 Å². The minimum atomic E-state index is -1.45. The summed E-state index contributed by atoms with van der Waals surface area (Å²) in [6, 6.07) is 9.22. The fourth-order valence-corrected chi connectivity index (χ4v) is 5.23. The van der Waals surface area contributed by atoms with Crippen LogP contribution in [0.25, 0.3) is 0 Å². The van der Waals surface area contributed by atoms with Gasteiger partial charge in [0.05, 0.1) is 0 Å². The molecule has 1 aromatic carbocycles. The lowest BCUT2D eigenvalue weighted by Gasteiger charge is -2.29. The van der Waals surface area contributed by atoms with Gasteiger partial charge in [-0.15, -0.1) is 0 Å². The summed E-state index contributed by atoms with van der Waals surface area (Å²) in [7, 11) is 0. The van der Waals surface area contributed by atoms with Crippen molar-refractivity contribution < 1.29 is 13.9 Å². The van der Waals surface area contributed by atoms with Crippen LogP contribution in [-0.4, -0.2) is 18.2 Å². The summed E-state index contributed by atoms with van der Waals surface area (Å²) < 4.78 is 19.6. The molecule has 2 aliphatic rings. The standard InChI is InChI=1S/C28H42FO2/c1-2-3-4-8-11-27(29)28(30)31-26-20-18-25(19-21-26)24-16-14-23(15-17-24)13-12-22-9-6-5-7-10-22/h5,14-17,22,25-27H,2-4,6-13,18-21H2,1H3/t25?,26?,27-/m0/s1. The van der Waals surface area contributed by atoms with Crippen LogP contribution in [0.2, 0.25) is 0 Å². The van der Waals surface area contributed by atoms with E-state index in [1.54, 1.807) is 0 Å². The lowest BCUT2D eigenvalue weighted by molar-refractivity contribution is -0.157. The van der Waals surface area contributed by atoms with E-state index in [1.165, 1.54) is 49.7 Å². The molecule has 3 heteroatoms. The lowest BCUT2D eigenvalue weighted by atomic mass is 9.82. The Hall–Kier alpha value is -1.38. The van der Waals surface area contributed by atoms with Crippen molar-refractivity contribution in [2.45, 2.75) is 121 Å². The maximum atomic E-state index is 14.1. The Labute approximate surface area is 189 Å². The quantitative estimate of drug-likeness (QED) is 0.264. The highest BCUT2D eigenvalue weighted by molar-refractivity contribution is 5.74. The zero-order valence-electron chi connectivity index (χ0n) is 19.5. The Morgan fingerprint density at radius 3 is 2.39 bits per heavy atom. The van der Waals surface area contributed by atoms with Crippen LogP contribution in [0.3, 0.4) is 0 Å². The van der Waals surface area contributed by atoms with Crippen LogP contribution in [0.1, 0.15) is 114 Å². The van der Waals surface area contributed by atoms with Crippen LogP contribution < -0.4 is 0 Å². The summed E-state index contributed by atoms with van der Waals surface area (Å²) in [5.41, 5.74) is 2.86. The van der Waals surface area contributed by atoms with Crippen LogP contribution in [0.5, 0.6) is 0 Å². The normalized spacial score (nSPS) is 23.4. The van der Waals surface area contributed by atoms with Crippen LogP contribution in [0, 0.1) is 12.3 Å². The van der Waals surface area contributed by atoms with Gasteiger partial charge in [-0.2, -0.15) is 0 Å². The summed E-state index contributed by atoms with van der Waals surface area (Å²) in [6.07, 6.45) is 16.7. The van der Waals surface area contributed by atoms with Gasteiger partial charge in [-0.05, 0) is 93.6 Å². The molecule has 173 valence electrons. The zero-order valence-corrected chi connectivity index (χ0v) is 19.5. The molecule has 2 nitrogen and oxygen atoms in total. The first-order valence-electron chi connectivity index (χ1n) is 12.9. The van der Waals surface area contributed by atoms with Crippen LogP contribution in [0.15, 0.2) is 24.3 Å². The summed E-state index contributed by atoms with van der Waals surface area (Å²) in [5.74, 6) is 0.802. The number of hydrogen-bond donors (Lipinski definition) is 0. The van der Waals surface area contributed by atoms with Crippen LogP contribution in [0.4, 0.5) is 4.39 Å². The molecule has 0 bridgehead atoms. The molecule has 0 unspecified atom stereocenters. The first-order valence-corrected chi connectivity index (χ1v) is 12.9.